The van der Waals surface area contributed by atoms with Gasteiger partial charge >= 0.3 is 0 Å². The van der Waals surface area contributed by atoms with E-state index in [9.17, 15) is 4.39 Å². The maximum atomic E-state index is 14.0. The molecular weight excluding hydrogens is 267 g/mol. The van der Waals surface area contributed by atoms with Crippen molar-refractivity contribution in [2.45, 2.75) is 17.9 Å². The molecule has 2 nitrogen and oxygen atoms in total. The number of hydrogen-bond acceptors (Lipinski definition) is 4. The second kappa shape index (κ2) is 5.82. The van der Waals surface area contributed by atoms with Crippen LogP contribution in [-0.2, 0) is 0 Å². The Morgan fingerprint density at radius 3 is 2.89 bits per heavy atom. The molecular formula is C13H15FN2S2. The first kappa shape index (κ1) is 13.5. The van der Waals surface area contributed by atoms with Crippen LogP contribution in [0.4, 0.5) is 4.39 Å². The van der Waals surface area contributed by atoms with E-state index >= 15 is 0 Å². The Bertz CT molecular complexity index is 540. The van der Waals surface area contributed by atoms with Gasteiger partial charge in [0.1, 0.15) is 10.8 Å². The predicted molar refractivity (Wildman–Crippen MR) is 76.8 cm³/mol. The molecule has 1 atom stereocenters. The fourth-order valence-corrected chi connectivity index (χ4v) is 3.28. The van der Waals surface area contributed by atoms with Crippen molar-refractivity contribution in [1.29, 1.82) is 0 Å². The lowest BCUT2D eigenvalue weighted by Crippen LogP contribution is -2.12. The average molecular weight is 282 g/mol. The lowest BCUT2D eigenvalue weighted by atomic mass is 10.2. The maximum absolute atomic E-state index is 14.0. The molecule has 1 aromatic heterocycles. The molecule has 1 heterocycles. The van der Waals surface area contributed by atoms with Gasteiger partial charge in [-0.1, -0.05) is 6.07 Å². The van der Waals surface area contributed by atoms with Gasteiger partial charge in [-0.2, -0.15) is 0 Å². The molecule has 96 valence electrons. The van der Waals surface area contributed by atoms with Crippen molar-refractivity contribution in [1.82, 2.24) is 10.3 Å². The number of halogens is 1. The number of benzene rings is 1. The molecule has 0 saturated carbocycles. The summed E-state index contributed by atoms with van der Waals surface area (Å²) in [5, 5.41) is 5.86. The Kier molecular flexibility index (Phi) is 4.37. The van der Waals surface area contributed by atoms with E-state index in [1.165, 1.54) is 29.2 Å². The highest BCUT2D eigenvalue weighted by Gasteiger charge is 2.15. The second-order valence-electron chi connectivity index (χ2n) is 3.90. The van der Waals surface area contributed by atoms with Crippen LogP contribution in [-0.4, -0.2) is 18.3 Å². The van der Waals surface area contributed by atoms with Gasteiger partial charge in [0.05, 0.1) is 11.3 Å². The van der Waals surface area contributed by atoms with E-state index in [0.717, 1.165) is 15.6 Å². The summed E-state index contributed by atoms with van der Waals surface area (Å²) >= 11 is 3.02. The first-order valence-corrected chi connectivity index (χ1v) is 7.73. The van der Waals surface area contributed by atoms with Crippen molar-refractivity contribution in [3.8, 4) is 10.6 Å². The Hall–Kier alpha value is -0.910. The zero-order valence-electron chi connectivity index (χ0n) is 10.5. The first-order chi connectivity index (χ1) is 8.67. The van der Waals surface area contributed by atoms with E-state index in [2.05, 4.69) is 10.3 Å². The summed E-state index contributed by atoms with van der Waals surface area (Å²) in [6, 6.07) is 5.32. The molecule has 0 aliphatic carbocycles. The average Bonchev–Trinajstić information content (AvgIpc) is 2.86. The molecule has 1 N–H and O–H groups in total. The van der Waals surface area contributed by atoms with Gasteiger partial charge in [0.2, 0.25) is 0 Å². The van der Waals surface area contributed by atoms with Crippen molar-refractivity contribution < 1.29 is 4.39 Å². The number of aromatic nitrogens is 1. The van der Waals surface area contributed by atoms with Gasteiger partial charge in [0, 0.05) is 16.3 Å². The Labute approximate surface area is 115 Å². The lowest BCUT2D eigenvalue weighted by Gasteiger charge is -2.07. The molecule has 0 amide bonds. The van der Waals surface area contributed by atoms with E-state index in [1.807, 2.05) is 31.7 Å². The molecule has 0 fully saturated rings. The molecule has 0 aliphatic heterocycles. The first-order valence-electron chi connectivity index (χ1n) is 5.63. The quantitative estimate of drug-likeness (QED) is 0.859. The fraction of sp³-hybridized carbons (Fsp3) is 0.308. The summed E-state index contributed by atoms with van der Waals surface area (Å²) < 4.78 is 14.0. The maximum Gasteiger partial charge on any atom is 0.134 e. The third-order valence-corrected chi connectivity index (χ3v) is 4.47. The molecule has 2 rings (SSSR count). The summed E-state index contributed by atoms with van der Waals surface area (Å²) in [5.41, 5.74) is 1.57. The summed E-state index contributed by atoms with van der Waals surface area (Å²) in [5.74, 6) is -0.208. The van der Waals surface area contributed by atoms with Gasteiger partial charge in [-0.25, -0.2) is 9.37 Å². The molecule has 2 aromatic rings. The third-order valence-electron chi connectivity index (χ3n) is 2.81. The standard InChI is InChI=1S/C13H15FN2S2/c1-8(15-2)10-7-18-13(16-10)12-9(14)5-4-6-11(12)17-3/h4-8,15H,1-3H3. The van der Waals surface area contributed by atoms with Gasteiger partial charge in [-0.15, -0.1) is 23.1 Å². The third kappa shape index (κ3) is 2.58. The van der Waals surface area contributed by atoms with Gasteiger partial charge < -0.3 is 5.32 Å². The van der Waals surface area contributed by atoms with Crippen molar-refractivity contribution in [2.75, 3.05) is 13.3 Å². The lowest BCUT2D eigenvalue weighted by molar-refractivity contribution is 0.625. The minimum Gasteiger partial charge on any atom is -0.312 e. The van der Waals surface area contributed by atoms with Crippen LogP contribution in [0.5, 0.6) is 0 Å². The molecule has 0 aliphatic rings. The van der Waals surface area contributed by atoms with E-state index in [4.69, 9.17) is 0 Å². The van der Waals surface area contributed by atoms with Crippen molar-refractivity contribution >= 4 is 23.1 Å². The SMILES string of the molecule is CNC(C)c1csc(-c2c(F)cccc2SC)n1. The Morgan fingerprint density at radius 2 is 2.22 bits per heavy atom. The minimum absolute atomic E-state index is 0.180. The van der Waals surface area contributed by atoms with Gasteiger partial charge in [0.15, 0.2) is 0 Å². The number of thiazole rings is 1. The van der Waals surface area contributed by atoms with E-state index in [-0.39, 0.29) is 11.9 Å². The number of hydrogen-bond donors (Lipinski definition) is 1. The van der Waals surface area contributed by atoms with Crippen LogP contribution in [0.3, 0.4) is 0 Å². The van der Waals surface area contributed by atoms with Crippen molar-refractivity contribution in [3.05, 3.63) is 35.1 Å². The van der Waals surface area contributed by atoms with Crippen molar-refractivity contribution in [3.63, 3.8) is 0 Å². The second-order valence-corrected chi connectivity index (χ2v) is 5.61. The Balaban J connectivity index is 2.46. The zero-order chi connectivity index (χ0) is 13.1. The van der Waals surface area contributed by atoms with Crippen LogP contribution >= 0.6 is 23.1 Å². The molecule has 1 unspecified atom stereocenters. The highest BCUT2D eigenvalue weighted by atomic mass is 32.2. The molecule has 0 saturated heterocycles. The van der Waals surface area contributed by atoms with E-state index < -0.39 is 0 Å². The molecule has 0 spiro atoms. The van der Waals surface area contributed by atoms with E-state index in [0.29, 0.717) is 5.56 Å². The van der Waals surface area contributed by atoms with Crippen LogP contribution in [0.15, 0.2) is 28.5 Å². The fourth-order valence-electron chi connectivity index (χ4n) is 1.63. The molecule has 5 heteroatoms. The Morgan fingerprint density at radius 1 is 1.44 bits per heavy atom. The van der Waals surface area contributed by atoms with Crippen LogP contribution < -0.4 is 5.32 Å². The van der Waals surface area contributed by atoms with Gasteiger partial charge in [0.25, 0.3) is 0 Å². The summed E-state index contributed by atoms with van der Waals surface area (Å²) in [7, 11) is 1.89. The topological polar surface area (TPSA) is 24.9 Å². The smallest absolute Gasteiger partial charge is 0.134 e. The van der Waals surface area contributed by atoms with Crippen LogP contribution in [0.2, 0.25) is 0 Å². The number of rotatable bonds is 4. The number of thioether (sulfide) groups is 1. The molecule has 1 aromatic carbocycles. The molecule has 0 bridgehead atoms. The zero-order valence-corrected chi connectivity index (χ0v) is 12.2. The summed E-state index contributed by atoms with van der Waals surface area (Å²) in [6.45, 7) is 2.04. The largest absolute Gasteiger partial charge is 0.312 e. The van der Waals surface area contributed by atoms with Crippen LogP contribution in [0.25, 0.3) is 10.6 Å². The normalized spacial score (nSPS) is 12.7. The van der Waals surface area contributed by atoms with Crippen LogP contribution in [0, 0.1) is 5.82 Å². The summed E-state index contributed by atoms with van der Waals surface area (Å²) in [4.78, 5) is 5.45. The highest BCUT2D eigenvalue weighted by Crippen LogP contribution is 2.35. The predicted octanol–water partition coefficient (Wildman–Crippen LogP) is 3.95. The number of nitrogens with one attached hydrogen (secondary N) is 1. The number of nitrogens with zero attached hydrogens (tertiary/aromatic N) is 1. The molecule has 0 radical (unpaired) electrons. The van der Waals surface area contributed by atoms with E-state index in [1.54, 1.807) is 6.07 Å². The minimum atomic E-state index is -0.208. The molecule has 18 heavy (non-hydrogen) atoms. The van der Waals surface area contributed by atoms with Crippen LogP contribution in [0.1, 0.15) is 18.7 Å². The summed E-state index contributed by atoms with van der Waals surface area (Å²) in [6.07, 6.45) is 1.95. The van der Waals surface area contributed by atoms with Gasteiger partial charge in [-0.3, -0.25) is 0 Å². The van der Waals surface area contributed by atoms with Gasteiger partial charge in [-0.05, 0) is 32.4 Å². The highest BCUT2D eigenvalue weighted by molar-refractivity contribution is 7.98. The monoisotopic (exact) mass is 282 g/mol. The van der Waals surface area contributed by atoms with Crippen molar-refractivity contribution in [2.24, 2.45) is 0 Å².